The van der Waals surface area contributed by atoms with Gasteiger partial charge in [-0.2, -0.15) is 18.3 Å². The molecule has 2 N–H and O–H groups in total. The summed E-state index contributed by atoms with van der Waals surface area (Å²) < 4.78 is 51.4. The Morgan fingerprint density at radius 3 is 2.64 bits per heavy atom. The average Bonchev–Trinajstić information content (AvgIpc) is 2.85. The first-order chi connectivity index (χ1) is 12.9. The lowest BCUT2D eigenvalue weighted by atomic mass is 10.2. The van der Waals surface area contributed by atoms with Crippen LogP contribution in [0.25, 0.3) is 0 Å². The van der Waals surface area contributed by atoms with Crippen molar-refractivity contribution in [2.45, 2.75) is 19.1 Å². The van der Waals surface area contributed by atoms with E-state index < -0.39 is 11.9 Å². The van der Waals surface area contributed by atoms with Gasteiger partial charge in [0.2, 0.25) is 0 Å². The molecule has 0 atom stereocenters. The Labute approximate surface area is 177 Å². The molecule has 2 heterocycles. The lowest BCUT2D eigenvalue weighted by Gasteiger charge is -2.14. The van der Waals surface area contributed by atoms with Crippen LogP contribution in [-0.2, 0) is 19.8 Å². The summed E-state index contributed by atoms with van der Waals surface area (Å²) in [6, 6.07) is 5.32. The van der Waals surface area contributed by atoms with Crippen molar-refractivity contribution in [3.05, 3.63) is 35.7 Å². The molecule has 28 heavy (non-hydrogen) atoms. The fourth-order valence-corrected chi connectivity index (χ4v) is 2.64. The number of fused-ring (bicyclic) bond motifs is 1. The number of aryl methyl sites for hydroxylation is 1. The number of hydrogen-bond donors (Lipinski definition) is 2. The van der Waals surface area contributed by atoms with Crippen LogP contribution in [0.3, 0.4) is 0 Å². The minimum atomic E-state index is -4.51. The SMILES string of the molecule is CN=C(NCc1cn(C)nc1C(F)(F)F)Nc1ccc2c(c1)OCCCO2.I. The summed E-state index contributed by atoms with van der Waals surface area (Å²) in [4.78, 5) is 4.04. The second-order valence-corrected chi connectivity index (χ2v) is 5.94. The molecular formula is C17H21F3IN5O2. The Bertz CT molecular complexity index is 839. The van der Waals surface area contributed by atoms with Crippen LogP contribution in [0.1, 0.15) is 17.7 Å². The molecule has 1 aromatic heterocycles. The van der Waals surface area contributed by atoms with Crippen LogP contribution in [-0.4, -0.2) is 36.0 Å². The van der Waals surface area contributed by atoms with Gasteiger partial charge in [-0.3, -0.25) is 9.67 Å². The van der Waals surface area contributed by atoms with E-state index in [2.05, 4.69) is 20.7 Å². The third-order valence-corrected chi connectivity index (χ3v) is 3.85. The van der Waals surface area contributed by atoms with Crippen molar-refractivity contribution in [2.75, 3.05) is 25.6 Å². The van der Waals surface area contributed by atoms with E-state index >= 15 is 0 Å². The summed E-state index contributed by atoms with van der Waals surface area (Å²) in [6.45, 7) is 1.08. The van der Waals surface area contributed by atoms with Gasteiger partial charge in [0.25, 0.3) is 0 Å². The topological polar surface area (TPSA) is 72.7 Å². The van der Waals surface area contributed by atoms with Gasteiger partial charge in [0.1, 0.15) is 0 Å². The second-order valence-electron chi connectivity index (χ2n) is 5.94. The third-order valence-electron chi connectivity index (χ3n) is 3.85. The lowest BCUT2D eigenvalue weighted by molar-refractivity contribution is -0.142. The standard InChI is InChI=1S/C17H20F3N5O2.HI/c1-21-16(22-9-11-10-25(2)24-15(11)17(18,19)20)23-12-4-5-13-14(8-12)27-7-3-6-26-13;/h4-5,8,10H,3,6-7,9H2,1-2H3,(H2,21,22,23);1H. The maximum absolute atomic E-state index is 13.0. The number of aromatic nitrogens is 2. The van der Waals surface area contributed by atoms with Crippen LogP contribution in [0.5, 0.6) is 11.5 Å². The molecule has 7 nitrogen and oxygen atoms in total. The molecule has 0 saturated carbocycles. The molecule has 0 unspecified atom stereocenters. The van der Waals surface area contributed by atoms with E-state index in [1.807, 2.05) is 0 Å². The van der Waals surface area contributed by atoms with Crippen LogP contribution in [0.2, 0.25) is 0 Å². The van der Waals surface area contributed by atoms with E-state index in [0.717, 1.165) is 11.1 Å². The van der Waals surface area contributed by atoms with Crippen LogP contribution in [0, 0.1) is 0 Å². The zero-order valence-electron chi connectivity index (χ0n) is 15.3. The third kappa shape index (κ3) is 5.42. The van der Waals surface area contributed by atoms with Gasteiger partial charge in [0.05, 0.1) is 13.2 Å². The summed E-state index contributed by atoms with van der Waals surface area (Å²) in [5.41, 5.74) is -0.204. The highest BCUT2D eigenvalue weighted by Gasteiger charge is 2.36. The van der Waals surface area contributed by atoms with Gasteiger partial charge in [0.15, 0.2) is 23.2 Å². The molecule has 3 rings (SSSR count). The van der Waals surface area contributed by atoms with Crippen molar-refractivity contribution in [1.82, 2.24) is 15.1 Å². The fourth-order valence-electron chi connectivity index (χ4n) is 2.64. The van der Waals surface area contributed by atoms with Gasteiger partial charge in [-0.25, -0.2) is 0 Å². The van der Waals surface area contributed by atoms with Crippen molar-refractivity contribution in [1.29, 1.82) is 0 Å². The minimum Gasteiger partial charge on any atom is -0.490 e. The summed E-state index contributed by atoms with van der Waals surface area (Å²) in [5.74, 6) is 1.59. The smallest absolute Gasteiger partial charge is 0.435 e. The van der Waals surface area contributed by atoms with E-state index in [1.54, 1.807) is 18.2 Å². The van der Waals surface area contributed by atoms with E-state index in [1.165, 1.54) is 20.3 Å². The average molecular weight is 511 g/mol. The first-order valence-electron chi connectivity index (χ1n) is 8.34. The Hall–Kier alpha value is -2.18. The van der Waals surface area contributed by atoms with Crippen LogP contribution in [0.4, 0.5) is 18.9 Å². The molecule has 0 bridgehead atoms. The Morgan fingerprint density at radius 2 is 1.96 bits per heavy atom. The highest BCUT2D eigenvalue weighted by atomic mass is 127. The van der Waals surface area contributed by atoms with Crippen molar-refractivity contribution < 1.29 is 22.6 Å². The summed E-state index contributed by atoms with van der Waals surface area (Å²) >= 11 is 0. The molecule has 2 aromatic rings. The molecule has 0 aliphatic carbocycles. The number of hydrogen-bond acceptors (Lipinski definition) is 4. The maximum Gasteiger partial charge on any atom is 0.435 e. The van der Waals surface area contributed by atoms with E-state index in [0.29, 0.717) is 36.4 Å². The van der Waals surface area contributed by atoms with Gasteiger partial charge < -0.3 is 20.1 Å². The molecule has 0 fully saturated rings. The molecule has 11 heteroatoms. The number of nitrogens with one attached hydrogen (secondary N) is 2. The molecule has 1 aromatic carbocycles. The van der Waals surface area contributed by atoms with Crippen molar-refractivity contribution in [2.24, 2.45) is 12.0 Å². The predicted molar refractivity (Wildman–Crippen MR) is 109 cm³/mol. The Kier molecular flexibility index (Phi) is 7.38. The highest BCUT2D eigenvalue weighted by molar-refractivity contribution is 14.0. The number of benzene rings is 1. The van der Waals surface area contributed by atoms with Gasteiger partial charge in [-0.05, 0) is 12.1 Å². The largest absolute Gasteiger partial charge is 0.490 e. The fraction of sp³-hybridized carbons (Fsp3) is 0.412. The summed E-state index contributed by atoms with van der Waals surface area (Å²) in [7, 11) is 2.98. The molecule has 0 spiro atoms. The molecule has 0 amide bonds. The number of rotatable bonds is 3. The van der Waals surface area contributed by atoms with Crippen molar-refractivity contribution >= 4 is 35.6 Å². The van der Waals surface area contributed by atoms with E-state index in [-0.39, 0.29) is 36.1 Å². The van der Waals surface area contributed by atoms with E-state index in [4.69, 9.17) is 9.47 Å². The van der Waals surface area contributed by atoms with Gasteiger partial charge in [-0.1, -0.05) is 0 Å². The number of nitrogens with zero attached hydrogens (tertiary/aromatic N) is 3. The van der Waals surface area contributed by atoms with Gasteiger partial charge in [0, 0.05) is 50.6 Å². The molecule has 1 aliphatic heterocycles. The zero-order chi connectivity index (χ0) is 19.4. The molecular weight excluding hydrogens is 490 g/mol. The lowest BCUT2D eigenvalue weighted by Crippen LogP contribution is -2.30. The van der Waals surface area contributed by atoms with Crippen LogP contribution >= 0.6 is 24.0 Å². The summed E-state index contributed by atoms with van der Waals surface area (Å²) in [6.07, 6.45) is -2.38. The second kappa shape index (κ2) is 9.34. The molecule has 0 saturated heterocycles. The summed E-state index contributed by atoms with van der Waals surface area (Å²) in [5, 5.41) is 9.38. The number of ether oxygens (including phenoxy) is 2. The predicted octanol–water partition coefficient (Wildman–Crippen LogP) is 3.41. The van der Waals surface area contributed by atoms with Crippen molar-refractivity contribution in [3.63, 3.8) is 0 Å². The quantitative estimate of drug-likeness (QED) is 0.376. The van der Waals surface area contributed by atoms with Crippen LogP contribution in [0.15, 0.2) is 29.4 Å². The molecule has 0 radical (unpaired) electrons. The monoisotopic (exact) mass is 511 g/mol. The van der Waals surface area contributed by atoms with E-state index in [9.17, 15) is 13.2 Å². The normalized spacial score (nSPS) is 14.1. The number of guanidine groups is 1. The zero-order valence-corrected chi connectivity index (χ0v) is 17.7. The number of alkyl halides is 3. The minimum absolute atomic E-state index is 0. The Balaban J connectivity index is 0.00000280. The Morgan fingerprint density at radius 1 is 1.25 bits per heavy atom. The molecule has 1 aliphatic rings. The first-order valence-corrected chi connectivity index (χ1v) is 8.34. The number of halogens is 4. The first kappa shape index (κ1) is 22.1. The van der Waals surface area contributed by atoms with Crippen molar-refractivity contribution in [3.8, 4) is 11.5 Å². The number of anilines is 1. The maximum atomic E-state index is 13.0. The number of aliphatic imine (C=N–C) groups is 1. The molecule has 154 valence electrons. The highest BCUT2D eigenvalue weighted by Crippen LogP contribution is 2.32. The van der Waals surface area contributed by atoms with Crippen LogP contribution < -0.4 is 20.1 Å². The van der Waals surface area contributed by atoms with Gasteiger partial charge in [-0.15, -0.1) is 24.0 Å². The van der Waals surface area contributed by atoms with Gasteiger partial charge >= 0.3 is 6.18 Å².